The van der Waals surface area contributed by atoms with Crippen molar-refractivity contribution in [3.8, 4) is 11.1 Å². The molecular weight excluding hydrogens is 452 g/mol. The molecule has 0 spiro atoms. The number of piperidine rings is 1. The van der Waals surface area contributed by atoms with Crippen LogP contribution in [0.3, 0.4) is 0 Å². The quantitative estimate of drug-likeness (QED) is 0.417. The largest absolute Gasteiger partial charge is 0.449 e. The molecule has 188 valence electrons. The molecule has 1 fully saturated rings. The summed E-state index contributed by atoms with van der Waals surface area (Å²) in [5.74, 6) is 0.00254. The average molecular weight is 487 g/mol. The lowest BCUT2D eigenvalue weighted by atomic mass is 9.98. The molecule has 1 aliphatic heterocycles. The number of nitrogens with zero attached hydrogens (tertiary/aromatic N) is 1. The maximum absolute atomic E-state index is 12.4. The van der Waals surface area contributed by atoms with Crippen molar-refractivity contribution in [2.45, 2.75) is 43.8 Å². The van der Waals surface area contributed by atoms with Gasteiger partial charge in [0.15, 0.2) is 0 Å². The second-order valence-corrected chi connectivity index (χ2v) is 9.70. The number of ether oxygens (including phenoxy) is 1. The van der Waals surface area contributed by atoms with E-state index in [1.165, 1.54) is 30.4 Å². The summed E-state index contributed by atoms with van der Waals surface area (Å²) in [4.78, 5) is 14.7. The molecule has 1 saturated heterocycles. The highest BCUT2D eigenvalue weighted by atomic mass is 16.5. The highest BCUT2D eigenvalue weighted by molar-refractivity contribution is 5.79. The number of carbonyl (C=O) groups is 1. The van der Waals surface area contributed by atoms with Gasteiger partial charge in [-0.3, -0.25) is 0 Å². The zero-order chi connectivity index (χ0) is 24.9. The van der Waals surface area contributed by atoms with E-state index in [0.29, 0.717) is 5.56 Å². The van der Waals surface area contributed by atoms with Crippen LogP contribution in [0.1, 0.15) is 54.4 Å². The molecule has 2 aliphatic rings. The molecule has 2 unspecified atom stereocenters. The van der Waals surface area contributed by atoms with Gasteiger partial charge in [0.25, 0.3) is 0 Å². The fraction of sp³-hybridized carbons (Fsp3) is 0.367. The van der Waals surface area contributed by atoms with Crippen molar-refractivity contribution >= 4 is 11.8 Å². The first-order valence-electron chi connectivity index (χ1n) is 12.9. The maximum Gasteiger partial charge on any atom is 0.407 e. The Labute approximate surface area is 212 Å². The number of fused-ring (bicyclic) bond motifs is 3. The Balaban J connectivity index is 1.11. The van der Waals surface area contributed by atoms with Gasteiger partial charge in [0.2, 0.25) is 0 Å². The third-order valence-corrected chi connectivity index (χ3v) is 7.35. The molecule has 1 amide bonds. The Kier molecular flexibility index (Phi) is 7.54. The average Bonchev–Trinajstić information content (AvgIpc) is 3.25. The molecule has 3 aromatic carbocycles. The van der Waals surface area contributed by atoms with E-state index in [2.05, 4.69) is 34.5 Å². The smallest absolute Gasteiger partial charge is 0.407 e. The molecule has 1 aliphatic carbocycles. The number of alkyl carbamates (subject to hydrolysis) is 1. The number of aliphatic hydroxyl groups is 2. The van der Waals surface area contributed by atoms with Crippen molar-refractivity contribution in [2.24, 2.45) is 0 Å². The highest BCUT2D eigenvalue weighted by Gasteiger charge is 2.29. The molecule has 3 N–H and O–H groups in total. The molecule has 2 atom stereocenters. The number of benzene rings is 3. The van der Waals surface area contributed by atoms with Crippen LogP contribution in [0.4, 0.5) is 10.5 Å². The first-order valence-corrected chi connectivity index (χ1v) is 12.9. The number of anilines is 1. The van der Waals surface area contributed by atoms with Crippen LogP contribution in [0.2, 0.25) is 0 Å². The normalized spacial score (nSPS) is 16.7. The van der Waals surface area contributed by atoms with Gasteiger partial charge < -0.3 is 25.2 Å². The van der Waals surface area contributed by atoms with Gasteiger partial charge in [0, 0.05) is 31.2 Å². The van der Waals surface area contributed by atoms with Crippen molar-refractivity contribution in [1.82, 2.24) is 5.32 Å². The van der Waals surface area contributed by atoms with Gasteiger partial charge in [-0.05, 0) is 65.6 Å². The number of aliphatic hydroxyl groups excluding tert-OH is 2. The van der Waals surface area contributed by atoms with Crippen molar-refractivity contribution in [3.05, 3.63) is 89.5 Å². The van der Waals surface area contributed by atoms with Gasteiger partial charge in [-0.2, -0.15) is 0 Å². The Morgan fingerprint density at radius 1 is 0.917 bits per heavy atom. The fourth-order valence-electron chi connectivity index (χ4n) is 5.41. The molecule has 3 aromatic rings. The highest BCUT2D eigenvalue weighted by Crippen LogP contribution is 2.44. The van der Waals surface area contributed by atoms with Crippen LogP contribution >= 0.6 is 0 Å². The van der Waals surface area contributed by atoms with E-state index in [4.69, 9.17) is 4.74 Å². The van der Waals surface area contributed by atoms with Crippen LogP contribution < -0.4 is 10.2 Å². The van der Waals surface area contributed by atoms with E-state index in [0.717, 1.165) is 29.9 Å². The lowest BCUT2D eigenvalue weighted by Gasteiger charge is -2.29. The standard InChI is InChI=1S/C30H34N2O4/c33-28(29(34)21-9-8-10-22(19-21)32-17-6-1-7-18-32)15-16-31-30(35)36-20-27-25-13-4-2-11-23(25)24-12-3-5-14-26(24)27/h2-5,8-14,19,27-29,33-34H,1,6-7,15-18,20H2,(H,31,35). The summed E-state index contributed by atoms with van der Waals surface area (Å²) in [6, 6.07) is 24.2. The zero-order valence-corrected chi connectivity index (χ0v) is 20.5. The van der Waals surface area contributed by atoms with Crippen LogP contribution in [-0.4, -0.2) is 48.7 Å². The fourth-order valence-corrected chi connectivity index (χ4v) is 5.41. The van der Waals surface area contributed by atoms with Crippen molar-refractivity contribution in [3.63, 3.8) is 0 Å². The molecule has 0 saturated carbocycles. The van der Waals surface area contributed by atoms with Crippen molar-refractivity contribution in [2.75, 3.05) is 31.1 Å². The maximum atomic E-state index is 12.4. The van der Waals surface area contributed by atoms with E-state index in [1.807, 2.05) is 48.5 Å². The lowest BCUT2D eigenvalue weighted by molar-refractivity contribution is 0.0137. The molecular formula is C30H34N2O4. The predicted molar refractivity (Wildman–Crippen MR) is 141 cm³/mol. The summed E-state index contributed by atoms with van der Waals surface area (Å²) in [6.07, 6.45) is 1.31. The number of hydrogen-bond donors (Lipinski definition) is 3. The number of nitrogens with one attached hydrogen (secondary N) is 1. The summed E-state index contributed by atoms with van der Waals surface area (Å²) in [5, 5.41) is 24.0. The van der Waals surface area contributed by atoms with E-state index in [1.54, 1.807) is 0 Å². The third-order valence-electron chi connectivity index (χ3n) is 7.35. The van der Waals surface area contributed by atoms with Gasteiger partial charge in [-0.1, -0.05) is 60.7 Å². The Bertz CT molecular complexity index is 1150. The van der Waals surface area contributed by atoms with Gasteiger partial charge in [0.1, 0.15) is 12.7 Å². The number of hydrogen-bond acceptors (Lipinski definition) is 5. The summed E-state index contributed by atoms with van der Waals surface area (Å²) >= 11 is 0. The molecule has 36 heavy (non-hydrogen) atoms. The van der Waals surface area contributed by atoms with E-state index in [9.17, 15) is 15.0 Å². The molecule has 6 nitrogen and oxygen atoms in total. The minimum atomic E-state index is -1.01. The van der Waals surface area contributed by atoms with Crippen LogP contribution in [0.5, 0.6) is 0 Å². The number of carbonyl (C=O) groups excluding carboxylic acids is 1. The van der Waals surface area contributed by atoms with E-state index < -0.39 is 18.3 Å². The van der Waals surface area contributed by atoms with Crippen molar-refractivity contribution in [1.29, 1.82) is 0 Å². The molecule has 1 heterocycles. The second-order valence-electron chi connectivity index (χ2n) is 9.70. The molecule has 0 radical (unpaired) electrons. The van der Waals surface area contributed by atoms with Crippen LogP contribution in [0.15, 0.2) is 72.8 Å². The van der Waals surface area contributed by atoms with Gasteiger partial charge in [-0.25, -0.2) is 4.79 Å². The topological polar surface area (TPSA) is 82.0 Å². The molecule has 0 bridgehead atoms. The second kappa shape index (κ2) is 11.1. The lowest BCUT2D eigenvalue weighted by Crippen LogP contribution is -2.31. The first kappa shape index (κ1) is 24.3. The Morgan fingerprint density at radius 3 is 2.28 bits per heavy atom. The molecule has 0 aromatic heterocycles. The Hall–Kier alpha value is -3.35. The monoisotopic (exact) mass is 486 g/mol. The van der Waals surface area contributed by atoms with Gasteiger partial charge in [-0.15, -0.1) is 0 Å². The van der Waals surface area contributed by atoms with E-state index in [-0.39, 0.29) is 25.5 Å². The SMILES string of the molecule is O=C(NCCC(O)C(O)c1cccc(N2CCCCC2)c1)OCC1c2ccccc2-c2ccccc21. The van der Waals surface area contributed by atoms with Crippen LogP contribution in [0, 0.1) is 0 Å². The summed E-state index contributed by atoms with van der Waals surface area (Å²) < 4.78 is 5.55. The zero-order valence-electron chi connectivity index (χ0n) is 20.5. The number of rotatable bonds is 8. The predicted octanol–water partition coefficient (Wildman–Crippen LogP) is 5.00. The summed E-state index contributed by atoms with van der Waals surface area (Å²) in [7, 11) is 0. The first-order chi connectivity index (χ1) is 17.6. The minimum Gasteiger partial charge on any atom is -0.449 e. The van der Waals surface area contributed by atoms with E-state index >= 15 is 0 Å². The summed E-state index contributed by atoms with van der Waals surface area (Å²) in [6.45, 7) is 2.49. The van der Waals surface area contributed by atoms with Gasteiger partial charge >= 0.3 is 6.09 Å². The molecule has 6 heteroatoms. The van der Waals surface area contributed by atoms with Crippen molar-refractivity contribution < 1.29 is 19.7 Å². The van der Waals surface area contributed by atoms with Crippen LogP contribution in [0.25, 0.3) is 11.1 Å². The Morgan fingerprint density at radius 2 is 1.58 bits per heavy atom. The van der Waals surface area contributed by atoms with Gasteiger partial charge in [0.05, 0.1) is 6.10 Å². The third kappa shape index (κ3) is 5.25. The number of amides is 1. The van der Waals surface area contributed by atoms with Crippen LogP contribution in [-0.2, 0) is 4.74 Å². The minimum absolute atomic E-state index is 0.00254. The molecule has 5 rings (SSSR count). The summed E-state index contributed by atoms with van der Waals surface area (Å²) in [5.41, 5.74) is 6.46.